The quantitative estimate of drug-likeness (QED) is 0.700. The van der Waals surface area contributed by atoms with Crippen molar-refractivity contribution in [2.24, 2.45) is 5.92 Å². The molecule has 0 saturated heterocycles. The van der Waals surface area contributed by atoms with E-state index in [4.69, 9.17) is 9.05 Å². The first-order valence-electron chi connectivity index (χ1n) is 7.18. The van der Waals surface area contributed by atoms with Crippen molar-refractivity contribution < 1.29 is 13.6 Å². The summed E-state index contributed by atoms with van der Waals surface area (Å²) in [6.45, 7) is 7.54. The van der Waals surface area contributed by atoms with Crippen molar-refractivity contribution in [3.05, 3.63) is 34.9 Å². The lowest BCUT2D eigenvalue weighted by molar-refractivity contribution is 0.209. The third-order valence-electron chi connectivity index (χ3n) is 3.31. The minimum absolute atomic E-state index is 0.183. The summed E-state index contributed by atoms with van der Waals surface area (Å²) in [4.78, 5) is 0. The van der Waals surface area contributed by atoms with Crippen LogP contribution in [0, 0.1) is 42.4 Å². The smallest absolute Gasteiger partial charge is 0.308 e. The molecular formula is C16H21N2O3P. The molecule has 6 heteroatoms. The highest BCUT2D eigenvalue weighted by Crippen LogP contribution is 2.64. The second kappa shape index (κ2) is 8.11. The summed E-state index contributed by atoms with van der Waals surface area (Å²) in [6, 6.07) is 9.50. The van der Waals surface area contributed by atoms with E-state index in [9.17, 15) is 15.1 Å². The van der Waals surface area contributed by atoms with Gasteiger partial charge in [0.2, 0.25) is 0 Å². The van der Waals surface area contributed by atoms with Crippen molar-refractivity contribution in [3.63, 3.8) is 0 Å². The van der Waals surface area contributed by atoms with E-state index in [1.54, 1.807) is 13.8 Å². The van der Waals surface area contributed by atoms with Crippen LogP contribution in [0.15, 0.2) is 18.2 Å². The first kappa shape index (κ1) is 18.4. The molecule has 0 spiro atoms. The Balaban J connectivity index is 3.54. The monoisotopic (exact) mass is 320 g/mol. The van der Waals surface area contributed by atoms with Crippen molar-refractivity contribution in [3.8, 4) is 12.1 Å². The molecule has 1 aromatic carbocycles. The van der Waals surface area contributed by atoms with Crippen molar-refractivity contribution in [1.82, 2.24) is 0 Å². The van der Waals surface area contributed by atoms with Crippen LogP contribution < -0.4 is 0 Å². The standard InChI is InChI=1S/C16H21N2O3P/c1-5-20-22(19,21-6-2)16(14(10-17)11-18)15-9-12(3)7-8-13(15)4/h7-9,14,16H,5-6H2,1-4H3. The lowest BCUT2D eigenvalue weighted by Gasteiger charge is -2.28. The molecule has 1 aromatic rings. The van der Waals surface area contributed by atoms with E-state index < -0.39 is 19.2 Å². The van der Waals surface area contributed by atoms with Crippen LogP contribution in [0.3, 0.4) is 0 Å². The summed E-state index contributed by atoms with van der Waals surface area (Å²) >= 11 is 0. The van der Waals surface area contributed by atoms with E-state index in [0.29, 0.717) is 5.56 Å². The largest absolute Gasteiger partial charge is 0.340 e. The second-order valence-corrected chi connectivity index (χ2v) is 7.07. The van der Waals surface area contributed by atoms with E-state index in [1.807, 2.05) is 44.2 Å². The zero-order chi connectivity index (χ0) is 16.8. The lowest BCUT2D eigenvalue weighted by atomic mass is 9.96. The van der Waals surface area contributed by atoms with E-state index in [0.717, 1.165) is 11.1 Å². The molecule has 0 heterocycles. The Morgan fingerprint density at radius 3 is 2.14 bits per heavy atom. The Hall–Kier alpha value is -1.65. The van der Waals surface area contributed by atoms with Gasteiger partial charge in [-0.25, -0.2) is 0 Å². The first-order chi connectivity index (χ1) is 10.4. The van der Waals surface area contributed by atoms with Crippen molar-refractivity contribution >= 4 is 7.60 Å². The number of hydrogen-bond acceptors (Lipinski definition) is 5. The normalized spacial score (nSPS) is 12.7. The molecule has 5 nitrogen and oxygen atoms in total. The minimum Gasteiger partial charge on any atom is -0.308 e. The first-order valence-corrected chi connectivity index (χ1v) is 8.79. The summed E-state index contributed by atoms with van der Waals surface area (Å²) in [5.41, 5.74) is 1.56. The molecule has 0 saturated carbocycles. The summed E-state index contributed by atoms with van der Waals surface area (Å²) in [6.07, 6.45) is 0. The third kappa shape index (κ3) is 3.96. The molecule has 1 atom stereocenters. The van der Waals surface area contributed by atoms with Crippen LogP contribution in [0.4, 0.5) is 0 Å². The Morgan fingerprint density at radius 1 is 1.14 bits per heavy atom. The predicted molar refractivity (Wildman–Crippen MR) is 84.2 cm³/mol. The molecule has 1 rings (SSSR count). The van der Waals surface area contributed by atoms with Crippen molar-refractivity contribution in [2.45, 2.75) is 33.4 Å². The average molecular weight is 320 g/mol. The van der Waals surface area contributed by atoms with Gasteiger partial charge in [0, 0.05) is 0 Å². The Morgan fingerprint density at radius 2 is 1.68 bits per heavy atom. The Kier molecular flexibility index (Phi) is 6.78. The SMILES string of the molecule is CCOP(=O)(OCC)C(c1cc(C)ccc1C)C(C#N)C#N. The van der Waals surface area contributed by atoms with Gasteiger partial charge in [0.05, 0.1) is 25.4 Å². The topological polar surface area (TPSA) is 83.1 Å². The molecule has 0 aliphatic carbocycles. The summed E-state index contributed by atoms with van der Waals surface area (Å²) in [5, 5.41) is 18.6. The number of nitrogens with zero attached hydrogens (tertiary/aromatic N) is 2. The summed E-state index contributed by atoms with van der Waals surface area (Å²) in [5.74, 6) is -1.11. The van der Waals surface area contributed by atoms with Gasteiger partial charge in [-0.05, 0) is 38.8 Å². The lowest BCUT2D eigenvalue weighted by Crippen LogP contribution is -2.15. The highest BCUT2D eigenvalue weighted by Gasteiger charge is 2.43. The zero-order valence-electron chi connectivity index (χ0n) is 13.4. The Labute approximate surface area is 132 Å². The fraction of sp³-hybridized carbons (Fsp3) is 0.500. The number of hydrogen-bond donors (Lipinski definition) is 0. The van der Waals surface area contributed by atoms with Gasteiger partial charge in [-0.15, -0.1) is 0 Å². The van der Waals surface area contributed by atoms with Gasteiger partial charge in [-0.3, -0.25) is 4.57 Å². The van der Waals surface area contributed by atoms with Crippen LogP contribution in [0.25, 0.3) is 0 Å². The molecule has 22 heavy (non-hydrogen) atoms. The van der Waals surface area contributed by atoms with Crippen LogP contribution in [0.5, 0.6) is 0 Å². The predicted octanol–water partition coefficient (Wildman–Crippen LogP) is 4.27. The maximum atomic E-state index is 13.2. The van der Waals surface area contributed by atoms with Crippen molar-refractivity contribution in [1.29, 1.82) is 10.5 Å². The Bertz CT molecular complexity index is 622. The van der Waals surface area contributed by atoms with E-state index in [-0.39, 0.29) is 13.2 Å². The molecule has 0 aliphatic rings. The minimum atomic E-state index is -3.63. The van der Waals surface area contributed by atoms with Gasteiger partial charge in [-0.2, -0.15) is 10.5 Å². The fourth-order valence-electron chi connectivity index (χ4n) is 2.34. The number of benzene rings is 1. The van der Waals surface area contributed by atoms with Crippen LogP contribution in [0.1, 0.15) is 36.2 Å². The average Bonchev–Trinajstić information content (AvgIpc) is 2.48. The van der Waals surface area contributed by atoms with Gasteiger partial charge < -0.3 is 9.05 Å². The molecule has 0 fully saturated rings. The number of nitriles is 2. The summed E-state index contributed by atoms with van der Waals surface area (Å²) < 4.78 is 24.0. The van der Waals surface area contributed by atoms with Gasteiger partial charge in [-0.1, -0.05) is 23.8 Å². The van der Waals surface area contributed by atoms with Gasteiger partial charge in [0.15, 0.2) is 5.92 Å². The van der Waals surface area contributed by atoms with Gasteiger partial charge in [0.25, 0.3) is 0 Å². The molecule has 0 amide bonds. The van der Waals surface area contributed by atoms with Crippen molar-refractivity contribution in [2.75, 3.05) is 13.2 Å². The second-order valence-electron chi connectivity index (χ2n) is 4.92. The van der Waals surface area contributed by atoms with Crippen LogP contribution in [0.2, 0.25) is 0 Å². The molecule has 0 N–H and O–H groups in total. The maximum Gasteiger partial charge on any atom is 0.340 e. The van der Waals surface area contributed by atoms with E-state index in [1.165, 1.54) is 0 Å². The molecule has 0 radical (unpaired) electrons. The zero-order valence-corrected chi connectivity index (χ0v) is 14.3. The van der Waals surface area contributed by atoms with Gasteiger partial charge in [0.1, 0.15) is 5.66 Å². The molecule has 1 unspecified atom stereocenters. The molecule has 118 valence electrons. The van der Waals surface area contributed by atoms with Crippen LogP contribution in [-0.4, -0.2) is 13.2 Å². The molecule has 0 aliphatic heterocycles. The number of rotatable bonds is 7. The van der Waals surface area contributed by atoms with E-state index in [2.05, 4.69) is 0 Å². The maximum absolute atomic E-state index is 13.2. The third-order valence-corrected chi connectivity index (χ3v) is 5.80. The van der Waals surface area contributed by atoms with Crippen LogP contribution in [-0.2, 0) is 13.6 Å². The molecule has 0 aromatic heterocycles. The van der Waals surface area contributed by atoms with Gasteiger partial charge >= 0.3 is 7.60 Å². The summed E-state index contributed by atoms with van der Waals surface area (Å²) in [7, 11) is -3.63. The fourth-order valence-corrected chi connectivity index (χ4v) is 4.57. The number of aryl methyl sites for hydroxylation is 2. The van der Waals surface area contributed by atoms with Crippen LogP contribution >= 0.6 is 7.60 Å². The molecular weight excluding hydrogens is 299 g/mol. The van der Waals surface area contributed by atoms with E-state index >= 15 is 0 Å². The molecule has 0 bridgehead atoms. The highest BCUT2D eigenvalue weighted by atomic mass is 31.2. The highest BCUT2D eigenvalue weighted by molar-refractivity contribution is 7.54.